The summed E-state index contributed by atoms with van der Waals surface area (Å²) in [5.41, 5.74) is 1.02. The number of ether oxygens (including phenoxy) is 2. The van der Waals surface area contributed by atoms with Crippen LogP contribution in [0.4, 0.5) is 0 Å². The number of benzene rings is 2. The molecule has 1 aliphatic heterocycles. The molecule has 180 valence electrons. The summed E-state index contributed by atoms with van der Waals surface area (Å²) in [6.07, 6.45) is 0. The summed E-state index contributed by atoms with van der Waals surface area (Å²) < 4.78 is 10.9. The molecule has 8 nitrogen and oxygen atoms in total. The summed E-state index contributed by atoms with van der Waals surface area (Å²) in [6.45, 7) is 7.50. The molecule has 0 aromatic heterocycles. The molecule has 0 aliphatic carbocycles. The molecular formula is C26H30N2O6. The highest BCUT2D eigenvalue weighted by Gasteiger charge is 2.23. The van der Waals surface area contributed by atoms with Crippen molar-refractivity contribution in [3.8, 4) is 0 Å². The maximum atomic E-state index is 12.9. The fourth-order valence-corrected chi connectivity index (χ4v) is 3.38. The molecule has 34 heavy (non-hydrogen) atoms. The Balaban J connectivity index is 1.95. The lowest BCUT2D eigenvalue weighted by Crippen LogP contribution is -2.43. The van der Waals surface area contributed by atoms with E-state index in [0.29, 0.717) is 11.1 Å². The van der Waals surface area contributed by atoms with E-state index in [1.165, 1.54) is 12.1 Å². The SMILES string of the molecule is CC(C)[C@@H]1COC(=O)c2cccc(c2)C(=O)OC[C@H](C(C)C)NC(=O)c2cccc(c2)C(=O)N1. The van der Waals surface area contributed by atoms with Crippen LogP contribution in [0.3, 0.4) is 0 Å². The van der Waals surface area contributed by atoms with Crippen molar-refractivity contribution in [2.75, 3.05) is 13.2 Å². The van der Waals surface area contributed by atoms with Crippen molar-refractivity contribution in [2.24, 2.45) is 11.8 Å². The zero-order valence-corrected chi connectivity index (χ0v) is 19.8. The first-order valence-corrected chi connectivity index (χ1v) is 11.3. The number of carbonyl (C=O) groups excluding carboxylic acids is 4. The van der Waals surface area contributed by atoms with E-state index in [1.54, 1.807) is 36.4 Å². The lowest BCUT2D eigenvalue weighted by Gasteiger charge is -2.23. The first-order valence-electron chi connectivity index (χ1n) is 11.3. The molecule has 2 N–H and O–H groups in total. The van der Waals surface area contributed by atoms with Gasteiger partial charge in [0, 0.05) is 11.1 Å². The van der Waals surface area contributed by atoms with Crippen molar-refractivity contribution in [3.05, 3.63) is 70.8 Å². The average Bonchev–Trinajstić information content (AvgIpc) is 2.82. The number of hydrogen-bond acceptors (Lipinski definition) is 6. The van der Waals surface area contributed by atoms with Crippen LogP contribution >= 0.6 is 0 Å². The second-order valence-electron chi connectivity index (χ2n) is 9.01. The Kier molecular flexibility index (Phi) is 8.04. The summed E-state index contributed by atoms with van der Waals surface area (Å²) in [6, 6.07) is 11.5. The quantitative estimate of drug-likeness (QED) is 0.658. The van der Waals surface area contributed by atoms with Gasteiger partial charge in [-0.25, -0.2) is 9.59 Å². The largest absolute Gasteiger partial charge is 0.460 e. The van der Waals surface area contributed by atoms with E-state index in [4.69, 9.17) is 9.47 Å². The Morgan fingerprint density at radius 3 is 1.38 bits per heavy atom. The van der Waals surface area contributed by atoms with Crippen LogP contribution in [0.2, 0.25) is 0 Å². The summed E-state index contributed by atoms with van der Waals surface area (Å²) >= 11 is 0. The number of carbonyl (C=O) groups is 4. The molecule has 2 amide bonds. The third kappa shape index (κ3) is 6.21. The molecule has 0 unspecified atom stereocenters. The van der Waals surface area contributed by atoms with Gasteiger partial charge in [0.25, 0.3) is 11.8 Å². The van der Waals surface area contributed by atoms with Crippen LogP contribution in [0.15, 0.2) is 48.5 Å². The summed E-state index contributed by atoms with van der Waals surface area (Å²) in [5.74, 6) is -2.01. The first-order chi connectivity index (χ1) is 16.2. The van der Waals surface area contributed by atoms with E-state index in [9.17, 15) is 19.2 Å². The number of hydrogen-bond donors (Lipinski definition) is 2. The molecule has 0 spiro atoms. The molecule has 2 atom stereocenters. The summed E-state index contributed by atoms with van der Waals surface area (Å²) in [5, 5.41) is 5.77. The molecule has 1 aliphatic rings. The molecule has 0 saturated heterocycles. The highest BCUT2D eigenvalue weighted by Crippen LogP contribution is 2.14. The zero-order valence-electron chi connectivity index (χ0n) is 19.8. The van der Waals surface area contributed by atoms with Crippen molar-refractivity contribution < 1.29 is 28.7 Å². The maximum absolute atomic E-state index is 12.9. The van der Waals surface area contributed by atoms with Gasteiger partial charge < -0.3 is 20.1 Å². The topological polar surface area (TPSA) is 111 Å². The van der Waals surface area contributed by atoms with E-state index in [0.717, 1.165) is 0 Å². The Hall–Kier alpha value is -3.68. The van der Waals surface area contributed by atoms with Gasteiger partial charge in [0.2, 0.25) is 0 Å². The van der Waals surface area contributed by atoms with Crippen molar-refractivity contribution in [3.63, 3.8) is 0 Å². The Morgan fingerprint density at radius 1 is 0.647 bits per heavy atom. The predicted octanol–water partition coefficient (Wildman–Crippen LogP) is 3.22. The van der Waals surface area contributed by atoms with Gasteiger partial charge in [-0.3, -0.25) is 9.59 Å². The van der Waals surface area contributed by atoms with Crippen LogP contribution in [0.5, 0.6) is 0 Å². The second kappa shape index (κ2) is 11.0. The van der Waals surface area contributed by atoms with E-state index in [1.807, 2.05) is 27.7 Å². The second-order valence-corrected chi connectivity index (χ2v) is 9.01. The molecule has 8 heteroatoms. The molecule has 0 saturated carbocycles. The first kappa shape index (κ1) is 25.0. The molecule has 2 aromatic rings. The van der Waals surface area contributed by atoms with Crippen LogP contribution in [0.25, 0.3) is 0 Å². The third-order valence-corrected chi connectivity index (χ3v) is 5.75. The number of fused-ring (bicyclic) bond motifs is 4. The lowest BCUT2D eigenvalue weighted by atomic mass is 10.0. The minimum atomic E-state index is -0.606. The van der Waals surface area contributed by atoms with E-state index < -0.39 is 24.0 Å². The van der Waals surface area contributed by atoms with E-state index >= 15 is 0 Å². The van der Waals surface area contributed by atoms with Gasteiger partial charge in [-0.05, 0) is 48.2 Å². The van der Waals surface area contributed by atoms with Crippen LogP contribution in [-0.2, 0) is 9.47 Å². The normalized spacial score (nSPS) is 20.1. The van der Waals surface area contributed by atoms with Gasteiger partial charge in [0.05, 0.1) is 23.2 Å². The van der Waals surface area contributed by atoms with E-state index in [-0.39, 0.29) is 48.0 Å². The highest BCUT2D eigenvalue weighted by molar-refractivity contribution is 6.00. The van der Waals surface area contributed by atoms with Crippen LogP contribution in [0, 0.1) is 11.8 Å². The Labute approximate surface area is 199 Å². The predicted molar refractivity (Wildman–Crippen MR) is 126 cm³/mol. The van der Waals surface area contributed by atoms with Crippen LogP contribution < -0.4 is 10.6 Å². The molecule has 3 rings (SSSR count). The number of nitrogens with one attached hydrogen (secondary N) is 2. The van der Waals surface area contributed by atoms with Gasteiger partial charge in [-0.2, -0.15) is 0 Å². The fourth-order valence-electron chi connectivity index (χ4n) is 3.38. The van der Waals surface area contributed by atoms with Crippen molar-refractivity contribution >= 4 is 23.8 Å². The Morgan fingerprint density at radius 2 is 1.00 bits per heavy atom. The van der Waals surface area contributed by atoms with Gasteiger partial charge in [-0.15, -0.1) is 0 Å². The number of cyclic esters (lactones) is 2. The highest BCUT2D eigenvalue weighted by atomic mass is 16.5. The van der Waals surface area contributed by atoms with Crippen LogP contribution in [0.1, 0.15) is 69.1 Å². The van der Waals surface area contributed by atoms with Gasteiger partial charge >= 0.3 is 11.9 Å². The molecule has 4 bridgehead atoms. The molecular weight excluding hydrogens is 436 g/mol. The van der Waals surface area contributed by atoms with E-state index in [2.05, 4.69) is 10.6 Å². The fraction of sp³-hybridized carbons (Fsp3) is 0.385. The number of rotatable bonds is 2. The van der Waals surface area contributed by atoms with Crippen molar-refractivity contribution in [2.45, 2.75) is 39.8 Å². The summed E-state index contributed by atoms with van der Waals surface area (Å²) in [7, 11) is 0. The zero-order chi connectivity index (χ0) is 24.8. The van der Waals surface area contributed by atoms with Gasteiger partial charge in [0.15, 0.2) is 0 Å². The Bertz CT molecular complexity index is 1000. The number of esters is 2. The third-order valence-electron chi connectivity index (χ3n) is 5.75. The van der Waals surface area contributed by atoms with Gasteiger partial charge in [0.1, 0.15) is 13.2 Å². The monoisotopic (exact) mass is 466 g/mol. The minimum Gasteiger partial charge on any atom is -0.460 e. The lowest BCUT2D eigenvalue weighted by molar-refractivity contribution is 0.0426. The number of amides is 2. The van der Waals surface area contributed by atoms with Crippen LogP contribution in [-0.4, -0.2) is 49.1 Å². The molecule has 0 radical (unpaired) electrons. The summed E-state index contributed by atoms with van der Waals surface area (Å²) in [4.78, 5) is 51.0. The molecule has 0 fully saturated rings. The van der Waals surface area contributed by atoms with Crippen molar-refractivity contribution in [1.82, 2.24) is 10.6 Å². The standard InChI is InChI=1S/C26H30N2O6/c1-15(2)21-13-33-25(31)19-9-6-10-20(12-19)26(32)34-14-22(16(3)4)28-24(30)18-8-5-7-17(11-18)23(29)27-21/h5-12,15-16,21-22H,13-14H2,1-4H3,(H,27,29)(H,28,30)/t21-,22+. The molecule has 1 heterocycles. The van der Waals surface area contributed by atoms with Crippen molar-refractivity contribution in [1.29, 1.82) is 0 Å². The smallest absolute Gasteiger partial charge is 0.338 e. The van der Waals surface area contributed by atoms with Gasteiger partial charge in [-0.1, -0.05) is 39.8 Å². The minimum absolute atomic E-state index is 0.0260. The molecule has 2 aromatic carbocycles. The maximum Gasteiger partial charge on any atom is 0.338 e. The average molecular weight is 467 g/mol.